The van der Waals surface area contributed by atoms with Gasteiger partial charge in [0.25, 0.3) is 0 Å². The molecule has 2 amide bonds. The van der Waals surface area contributed by atoms with Crippen LogP contribution in [0.3, 0.4) is 0 Å². The molecule has 1 fully saturated rings. The Bertz CT molecular complexity index is 703. The molecule has 1 aliphatic rings. The summed E-state index contributed by atoms with van der Waals surface area (Å²) in [6.45, 7) is 6.79. The number of aliphatic hydroxyl groups is 1. The lowest BCUT2D eigenvalue weighted by Gasteiger charge is -2.23. The molecular formula is C18H24N2O5. The summed E-state index contributed by atoms with van der Waals surface area (Å²) in [5.41, 5.74) is 1.84. The fourth-order valence-corrected chi connectivity index (χ4v) is 3.18. The van der Waals surface area contributed by atoms with Gasteiger partial charge in [0.2, 0.25) is 11.8 Å². The van der Waals surface area contributed by atoms with Crippen LogP contribution in [0.5, 0.6) is 0 Å². The number of carboxylic acid groups (broad SMARTS) is 1. The highest BCUT2D eigenvalue weighted by molar-refractivity contribution is 6.01. The molecule has 7 nitrogen and oxygen atoms in total. The number of aliphatic carboxylic acids is 1. The summed E-state index contributed by atoms with van der Waals surface area (Å²) in [5, 5.41) is 21.0. The van der Waals surface area contributed by atoms with Crippen molar-refractivity contribution in [1.82, 2.24) is 5.32 Å². The van der Waals surface area contributed by atoms with Gasteiger partial charge in [0, 0.05) is 18.7 Å². The number of benzene rings is 1. The van der Waals surface area contributed by atoms with Crippen LogP contribution in [-0.4, -0.2) is 46.7 Å². The molecule has 2 rings (SSSR count). The van der Waals surface area contributed by atoms with Crippen molar-refractivity contribution in [2.75, 3.05) is 18.0 Å². The standard InChI is InChI=1S/C18H24N2O5/c1-10-5-11(2)15(12(3)6-10)20-8-13(7-14(20)21)16(22)19-9-18(4,25)17(23)24/h5-6,13,25H,7-9H2,1-4H3,(H,19,22)(H,23,24). The van der Waals surface area contributed by atoms with Gasteiger partial charge in [0.1, 0.15) is 0 Å². The number of carboxylic acids is 1. The molecular weight excluding hydrogens is 324 g/mol. The molecule has 1 heterocycles. The van der Waals surface area contributed by atoms with Crippen LogP contribution in [0, 0.1) is 26.7 Å². The molecule has 2 unspecified atom stereocenters. The number of nitrogens with zero attached hydrogens (tertiary/aromatic N) is 1. The smallest absolute Gasteiger partial charge is 0.337 e. The van der Waals surface area contributed by atoms with Crippen molar-refractivity contribution in [3.8, 4) is 0 Å². The minimum atomic E-state index is -2.04. The number of aryl methyl sites for hydroxylation is 3. The van der Waals surface area contributed by atoms with Gasteiger partial charge in [-0.1, -0.05) is 17.7 Å². The van der Waals surface area contributed by atoms with E-state index in [1.54, 1.807) is 4.90 Å². The topological polar surface area (TPSA) is 107 Å². The number of carbonyl (C=O) groups excluding carboxylic acids is 2. The molecule has 25 heavy (non-hydrogen) atoms. The van der Waals surface area contributed by atoms with Crippen molar-refractivity contribution in [2.24, 2.45) is 5.92 Å². The van der Waals surface area contributed by atoms with Crippen molar-refractivity contribution in [1.29, 1.82) is 0 Å². The van der Waals surface area contributed by atoms with Crippen LogP contribution in [0.4, 0.5) is 5.69 Å². The lowest BCUT2D eigenvalue weighted by atomic mass is 10.0. The minimum Gasteiger partial charge on any atom is -0.479 e. The molecule has 0 bridgehead atoms. The molecule has 1 saturated heterocycles. The summed E-state index contributed by atoms with van der Waals surface area (Å²) in [5.74, 6) is -2.56. The Hall–Kier alpha value is -2.41. The third-order valence-corrected chi connectivity index (χ3v) is 4.47. The number of anilines is 1. The summed E-state index contributed by atoms with van der Waals surface area (Å²) >= 11 is 0. The van der Waals surface area contributed by atoms with E-state index in [9.17, 15) is 19.5 Å². The third kappa shape index (κ3) is 3.99. The van der Waals surface area contributed by atoms with E-state index in [1.165, 1.54) is 0 Å². The highest BCUT2D eigenvalue weighted by atomic mass is 16.4. The van der Waals surface area contributed by atoms with E-state index in [2.05, 4.69) is 5.32 Å². The quantitative estimate of drug-likeness (QED) is 0.733. The van der Waals surface area contributed by atoms with E-state index in [-0.39, 0.29) is 18.9 Å². The predicted molar refractivity (Wildman–Crippen MR) is 92.4 cm³/mol. The highest BCUT2D eigenvalue weighted by Crippen LogP contribution is 2.31. The van der Waals surface area contributed by atoms with Crippen molar-refractivity contribution >= 4 is 23.5 Å². The van der Waals surface area contributed by atoms with Crippen molar-refractivity contribution in [3.63, 3.8) is 0 Å². The van der Waals surface area contributed by atoms with Gasteiger partial charge >= 0.3 is 5.97 Å². The van der Waals surface area contributed by atoms with E-state index in [1.807, 2.05) is 32.9 Å². The molecule has 1 aromatic carbocycles. The predicted octanol–water partition coefficient (Wildman–Crippen LogP) is 0.917. The van der Waals surface area contributed by atoms with E-state index in [4.69, 9.17) is 5.11 Å². The van der Waals surface area contributed by atoms with Crippen LogP contribution in [0.1, 0.15) is 30.0 Å². The van der Waals surface area contributed by atoms with Gasteiger partial charge in [0.15, 0.2) is 5.60 Å². The maximum atomic E-state index is 12.4. The molecule has 136 valence electrons. The summed E-state index contributed by atoms with van der Waals surface area (Å²) in [4.78, 5) is 37.2. The first-order chi connectivity index (χ1) is 11.5. The number of hydrogen-bond acceptors (Lipinski definition) is 4. The number of carbonyl (C=O) groups is 3. The zero-order valence-electron chi connectivity index (χ0n) is 14.9. The van der Waals surface area contributed by atoms with E-state index in [0.717, 1.165) is 29.3 Å². The SMILES string of the molecule is Cc1cc(C)c(N2CC(C(=O)NCC(C)(O)C(=O)O)CC2=O)c(C)c1. The average molecular weight is 348 g/mol. The van der Waals surface area contributed by atoms with Gasteiger partial charge in [-0.15, -0.1) is 0 Å². The van der Waals surface area contributed by atoms with Crippen molar-refractivity contribution in [2.45, 2.75) is 39.7 Å². The monoisotopic (exact) mass is 348 g/mol. The molecule has 0 spiro atoms. The third-order valence-electron chi connectivity index (χ3n) is 4.47. The van der Waals surface area contributed by atoms with Gasteiger partial charge in [-0.3, -0.25) is 9.59 Å². The first kappa shape index (κ1) is 18.9. The summed E-state index contributed by atoms with van der Waals surface area (Å²) in [7, 11) is 0. The van der Waals surface area contributed by atoms with Crippen molar-refractivity contribution in [3.05, 3.63) is 28.8 Å². The first-order valence-electron chi connectivity index (χ1n) is 8.14. The second kappa shape index (κ2) is 6.84. The fraction of sp³-hybridized carbons (Fsp3) is 0.500. The molecule has 0 saturated carbocycles. The molecule has 1 aromatic rings. The van der Waals surface area contributed by atoms with Crippen molar-refractivity contribution < 1.29 is 24.6 Å². The van der Waals surface area contributed by atoms with E-state index < -0.39 is 29.9 Å². The van der Waals surface area contributed by atoms with Crippen LogP contribution in [0.25, 0.3) is 0 Å². The molecule has 7 heteroatoms. The number of rotatable bonds is 5. The Morgan fingerprint density at radius 1 is 1.28 bits per heavy atom. The van der Waals surface area contributed by atoms with Gasteiger partial charge in [-0.2, -0.15) is 0 Å². The zero-order chi connectivity index (χ0) is 18.9. The maximum Gasteiger partial charge on any atom is 0.337 e. The Morgan fingerprint density at radius 3 is 2.36 bits per heavy atom. The summed E-state index contributed by atoms with van der Waals surface area (Å²) in [6.07, 6.45) is 0.0633. The Morgan fingerprint density at radius 2 is 1.84 bits per heavy atom. The minimum absolute atomic E-state index is 0.0633. The second-order valence-electron chi connectivity index (χ2n) is 6.95. The van der Waals surface area contributed by atoms with Gasteiger partial charge in [-0.25, -0.2) is 4.79 Å². The maximum absolute atomic E-state index is 12.4. The Kier molecular flexibility index (Phi) is 5.17. The summed E-state index contributed by atoms with van der Waals surface area (Å²) < 4.78 is 0. The lowest BCUT2D eigenvalue weighted by molar-refractivity contribution is -0.156. The Labute approximate surface area is 146 Å². The van der Waals surface area contributed by atoms with E-state index in [0.29, 0.717) is 0 Å². The van der Waals surface area contributed by atoms with Crippen LogP contribution < -0.4 is 10.2 Å². The Balaban J connectivity index is 2.10. The molecule has 3 N–H and O–H groups in total. The number of nitrogens with one attached hydrogen (secondary N) is 1. The first-order valence-corrected chi connectivity index (χ1v) is 8.14. The molecule has 2 atom stereocenters. The molecule has 0 aromatic heterocycles. The largest absolute Gasteiger partial charge is 0.479 e. The second-order valence-corrected chi connectivity index (χ2v) is 6.95. The zero-order valence-corrected chi connectivity index (χ0v) is 14.9. The molecule has 0 aliphatic carbocycles. The van der Waals surface area contributed by atoms with Gasteiger partial charge in [-0.05, 0) is 38.8 Å². The normalized spacial score (nSPS) is 19.6. The number of hydrogen-bond donors (Lipinski definition) is 3. The van der Waals surface area contributed by atoms with Crippen LogP contribution in [0.15, 0.2) is 12.1 Å². The van der Waals surface area contributed by atoms with Crippen LogP contribution in [0.2, 0.25) is 0 Å². The highest BCUT2D eigenvalue weighted by Gasteiger charge is 2.38. The molecule has 1 aliphatic heterocycles. The number of amides is 2. The van der Waals surface area contributed by atoms with Crippen LogP contribution in [-0.2, 0) is 14.4 Å². The summed E-state index contributed by atoms with van der Waals surface area (Å²) in [6, 6.07) is 3.99. The fourth-order valence-electron chi connectivity index (χ4n) is 3.18. The van der Waals surface area contributed by atoms with E-state index >= 15 is 0 Å². The molecule has 0 radical (unpaired) electrons. The lowest BCUT2D eigenvalue weighted by Crippen LogP contribution is -2.48. The average Bonchev–Trinajstić information content (AvgIpc) is 2.85. The van der Waals surface area contributed by atoms with Gasteiger partial charge < -0.3 is 20.4 Å². The van der Waals surface area contributed by atoms with Gasteiger partial charge in [0.05, 0.1) is 12.5 Å². The van der Waals surface area contributed by atoms with Crippen LogP contribution >= 0.6 is 0 Å².